The van der Waals surface area contributed by atoms with Crippen LogP contribution in [0.25, 0.3) is 0 Å². The summed E-state index contributed by atoms with van der Waals surface area (Å²) in [5, 5.41) is 2.92. The van der Waals surface area contributed by atoms with E-state index in [1.54, 1.807) is 0 Å². The van der Waals surface area contributed by atoms with E-state index in [1.807, 2.05) is 11.8 Å². The van der Waals surface area contributed by atoms with Crippen LogP contribution in [-0.2, 0) is 9.59 Å². The summed E-state index contributed by atoms with van der Waals surface area (Å²) in [5.74, 6) is -0.162. The monoisotopic (exact) mass is 335 g/mol. The first-order valence-electron chi connectivity index (χ1n) is 9.43. The van der Waals surface area contributed by atoms with E-state index in [1.165, 1.54) is 0 Å². The number of imide groups is 1. The van der Waals surface area contributed by atoms with Gasteiger partial charge in [0.15, 0.2) is 0 Å². The molecule has 3 atom stereocenters. The highest BCUT2D eigenvalue weighted by molar-refractivity contribution is 6.09. The molecule has 6 nitrogen and oxygen atoms in total. The van der Waals surface area contributed by atoms with Gasteiger partial charge in [0.05, 0.1) is 0 Å². The van der Waals surface area contributed by atoms with Crippen molar-refractivity contribution >= 4 is 17.8 Å². The SMILES string of the molecule is CC[C@@H]1CCCCN1C(=O)CN1C(=O)N[C@]2(CCCC[C@@H]2C)C1=O. The minimum Gasteiger partial charge on any atom is -0.338 e. The fourth-order valence-electron chi connectivity index (χ4n) is 4.62. The summed E-state index contributed by atoms with van der Waals surface area (Å²) >= 11 is 0. The zero-order chi connectivity index (χ0) is 17.3. The summed E-state index contributed by atoms with van der Waals surface area (Å²) in [4.78, 5) is 41.1. The van der Waals surface area contributed by atoms with Gasteiger partial charge in [0.1, 0.15) is 12.1 Å². The van der Waals surface area contributed by atoms with Gasteiger partial charge in [0.25, 0.3) is 5.91 Å². The number of amides is 4. The van der Waals surface area contributed by atoms with E-state index in [4.69, 9.17) is 0 Å². The highest BCUT2D eigenvalue weighted by atomic mass is 16.2. The second kappa shape index (κ2) is 6.73. The van der Waals surface area contributed by atoms with Crippen molar-refractivity contribution in [2.75, 3.05) is 13.1 Å². The first kappa shape index (κ1) is 17.2. The van der Waals surface area contributed by atoms with Crippen LogP contribution in [0, 0.1) is 5.92 Å². The normalized spacial score (nSPS) is 33.9. The molecule has 6 heteroatoms. The molecule has 2 heterocycles. The number of likely N-dealkylation sites (tertiary alicyclic amines) is 1. The molecule has 0 aromatic rings. The van der Waals surface area contributed by atoms with Crippen molar-refractivity contribution in [2.24, 2.45) is 5.92 Å². The van der Waals surface area contributed by atoms with E-state index in [9.17, 15) is 14.4 Å². The molecule has 3 rings (SSSR count). The van der Waals surface area contributed by atoms with Crippen LogP contribution in [-0.4, -0.2) is 52.3 Å². The van der Waals surface area contributed by atoms with E-state index >= 15 is 0 Å². The Labute approximate surface area is 143 Å². The minimum atomic E-state index is -0.776. The van der Waals surface area contributed by atoms with Crippen LogP contribution in [0.3, 0.4) is 0 Å². The average Bonchev–Trinajstić information content (AvgIpc) is 2.82. The fourth-order valence-corrected chi connectivity index (χ4v) is 4.62. The topological polar surface area (TPSA) is 69.7 Å². The van der Waals surface area contributed by atoms with Gasteiger partial charge in [-0.05, 0) is 44.4 Å². The quantitative estimate of drug-likeness (QED) is 0.805. The molecule has 24 heavy (non-hydrogen) atoms. The third-order valence-corrected chi connectivity index (χ3v) is 6.21. The number of nitrogens with one attached hydrogen (secondary N) is 1. The van der Waals surface area contributed by atoms with Gasteiger partial charge in [-0.2, -0.15) is 0 Å². The van der Waals surface area contributed by atoms with Crippen LogP contribution in [0.15, 0.2) is 0 Å². The first-order valence-corrected chi connectivity index (χ1v) is 9.43. The molecule has 1 spiro atoms. The Morgan fingerprint density at radius 2 is 1.96 bits per heavy atom. The Bertz CT molecular complexity index is 536. The van der Waals surface area contributed by atoms with Gasteiger partial charge in [-0.1, -0.05) is 26.7 Å². The van der Waals surface area contributed by atoms with Crippen LogP contribution in [0.2, 0.25) is 0 Å². The standard InChI is InChI=1S/C18H29N3O3/c1-3-14-9-5-7-11-20(14)15(22)12-21-16(23)18(19-17(21)24)10-6-4-8-13(18)2/h13-14H,3-12H2,1-2H3,(H,19,24)/t13-,14+,18-/m0/s1. The number of nitrogens with zero attached hydrogens (tertiary/aromatic N) is 2. The fraction of sp³-hybridized carbons (Fsp3) is 0.833. The molecule has 3 fully saturated rings. The van der Waals surface area contributed by atoms with Gasteiger partial charge in [0, 0.05) is 12.6 Å². The maximum atomic E-state index is 12.9. The number of rotatable bonds is 3. The number of carbonyl (C=O) groups excluding carboxylic acids is 3. The van der Waals surface area contributed by atoms with Gasteiger partial charge >= 0.3 is 6.03 Å². The minimum absolute atomic E-state index is 0.0921. The zero-order valence-electron chi connectivity index (χ0n) is 14.8. The van der Waals surface area contributed by atoms with Gasteiger partial charge in [-0.25, -0.2) is 4.79 Å². The molecular formula is C18H29N3O3. The van der Waals surface area contributed by atoms with Gasteiger partial charge in [0.2, 0.25) is 5.91 Å². The molecule has 4 amide bonds. The lowest BCUT2D eigenvalue weighted by molar-refractivity contribution is -0.142. The highest BCUT2D eigenvalue weighted by Gasteiger charge is 2.55. The van der Waals surface area contributed by atoms with E-state index in [-0.39, 0.29) is 30.3 Å². The van der Waals surface area contributed by atoms with Gasteiger partial charge in [-0.3, -0.25) is 14.5 Å². The smallest absolute Gasteiger partial charge is 0.325 e. The molecule has 3 aliphatic rings. The van der Waals surface area contributed by atoms with Crippen LogP contribution in [0.5, 0.6) is 0 Å². The van der Waals surface area contributed by atoms with Crippen molar-refractivity contribution in [3.63, 3.8) is 0 Å². The Morgan fingerprint density at radius 3 is 2.67 bits per heavy atom. The van der Waals surface area contributed by atoms with Crippen molar-refractivity contribution in [1.82, 2.24) is 15.1 Å². The molecule has 0 aromatic carbocycles. The largest absolute Gasteiger partial charge is 0.338 e. The van der Waals surface area contributed by atoms with Crippen molar-refractivity contribution in [3.05, 3.63) is 0 Å². The predicted molar refractivity (Wildman–Crippen MR) is 90.3 cm³/mol. The van der Waals surface area contributed by atoms with Crippen LogP contribution >= 0.6 is 0 Å². The molecule has 1 saturated carbocycles. The molecule has 2 saturated heterocycles. The lowest BCUT2D eigenvalue weighted by Gasteiger charge is -2.37. The second-order valence-corrected chi connectivity index (χ2v) is 7.58. The first-order chi connectivity index (χ1) is 11.5. The Kier molecular flexibility index (Phi) is 4.83. The number of carbonyl (C=O) groups is 3. The van der Waals surface area contributed by atoms with Crippen molar-refractivity contribution in [1.29, 1.82) is 0 Å². The van der Waals surface area contributed by atoms with E-state index in [0.29, 0.717) is 6.42 Å². The Balaban J connectivity index is 1.72. The molecule has 0 unspecified atom stereocenters. The van der Waals surface area contributed by atoms with E-state index in [2.05, 4.69) is 12.2 Å². The summed E-state index contributed by atoms with van der Waals surface area (Å²) in [6, 6.07) is -0.151. The molecule has 1 aliphatic carbocycles. The summed E-state index contributed by atoms with van der Waals surface area (Å²) in [5.41, 5.74) is -0.776. The lowest BCUT2D eigenvalue weighted by atomic mass is 9.73. The third kappa shape index (κ3) is 2.80. The van der Waals surface area contributed by atoms with E-state index in [0.717, 1.165) is 56.4 Å². The average molecular weight is 335 g/mol. The summed E-state index contributed by atoms with van der Waals surface area (Å²) in [6.45, 7) is 4.74. The summed E-state index contributed by atoms with van der Waals surface area (Å²) in [6.07, 6.45) is 7.76. The maximum Gasteiger partial charge on any atom is 0.325 e. The molecule has 1 N–H and O–H groups in total. The Morgan fingerprint density at radius 1 is 1.21 bits per heavy atom. The summed E-state index contributed by atoms with van der Waals surface area (Å²) in [7, 11) is 0. The zero-order valence-corrected chi connectivity index (χ0v) is 14.8. The van der Waals surface area contributed by atoms with E-state index < -0.39 is 11.6 Å². The number of hydrogen-bond donors (Lipinski definition) is 1. The van der Waals surface area contributed by atoms with Crippen molar-refractivity contribution in [2.45, 2.75) is 76.8 Å². The van der Waals surface area contributed by atoms with Crippen molar-refractivity contribution < 1.29 is 14.4 Å². The number of hydrogen-bond acceptors (Lipinski definition) is 3. The number of urea groups is 1. The van der Waals surface area contributed by atoms with Crippen LogP contribution in [0.1, 0.15) is 65.2 Å². The second-order valence-electron chi connectivity index (χ2n) is 7.58. The van der Waals surface area contributed by atoms with Crippen molar-refractivity contribution in [3.8, 4) is 0 Å². The van der Waals surface area contributed by atoms with Gasteiger partial charge < -0.3 is 10.2 Å². The van der Waals surface area contributed by atoms with Crippen LogP contribution in [0.4, 0.5) is 4.79 Å². The maximum absolute atomic E-state index is 12.9. The summed E-state index contributed by atoms with van der Waals surface area (Å²) < 4.78 is 0. The molecule has 0 bridgehead atoms. The van der Waals surface area contributed by atoms with Gasteiger partial charge in [-0.15, -0.1) is 0 Å². The molecule has 2 aliphatic heterocycles. The molecular weight excluding hydrogens is 306 g/mol. The lowest BCUT2D eigenvalue weighted by Crippen LogP contribution is -2.54. The third-order valence-electron chi connectivity index (χ3n) is 6.21. The highest BCUT2D eigenvalue weighted by Crippen LogP contribution is 2.38. The predicted octanol–water partition coefficient (Wildman–Crippen LogP) is 2.28. The molecule has 0 aromatic heterocycles. The Hall–Kier alpha value is -1.59. The van der Waals surface area contributed by atoms with Crippen LogP contribution < -0.4 is 5.32 Å². The molecule has 134 valence electrons. The number of piperidine rings is 1. The molecule has 0 radical (unpaired) electrons.